The standard InChI is InChI=1S/C44H30N2/c1-44(2)39-11-5-9-30-15-18-34-24-35(26-40(44)43(34)42(30)39)32-16-17-33-25-37(22-19-31(33)23-32)46(36-20-13-28(27-45)14-21-36)41-12-6-8-29-7-3-4-10-38(29)41/h3-26H,1-2H3. The number of anilines is 3. The van der Waals surface area contributed by atoms with Gasteiger partial charge in [0.2, 0.25) is 0 Å². The zero-order chi connectivity index (χ0) is 31.0. The molecule has 8 aromatic carbocycles. The number of hydrogen-bond acceptors (Lipinski definition) is 2. The van der Waals surface area contributed by atoms with Gasteiger partial charge in [0, 0.05) is 22.2 Å². The van der Waals surface area contributed by atoms with E-state index in [2.05, 4.69) is 146 Å². The summed E-state index contributed by atoms with van der Waals surface area (Å²) in [6.45, 7) is 4.72. The van der Waals surface area contributed by atoms with Crippen LogP contribution in [0.2, 0.25) is 0 Å². The third-order valence-electron chi connectivity index (χ3n) is 9.98. The minimum absolute atomic E-state index is 0.0419. The first-order chi connectivity index (χ1) is 22.5. The van der Waals surface area contributed by atoms with Crippen molar-refractivity contribution < 1.29 is 0 Å². The maximum absolute atomic E-state index is 9.44. The molecule has 9 rings (SSSR count). The summed E-state index contributed by atoms with van der Waals surface area (Å²) in [5.41, 5.74) is 9.11. The van der Waals surface area contributed by atoms with Crippen molar-refractivity contribution in [2.24, 2.45) is 0 Å². The molecule has 0 spiro atoms. The van der Waals surface area contributed by atoms with Gasteiger partial charge in [-0.15, -0.1) is 0 Å². The van der Waals surface area contributed by atoms with Crippen LogP contribution >= 0.6 is 0 Å². The molecule has 46 heavy (non-hydrogen) atoms. The van der Waals surface area contributed by atoms with Crippen molar-refractivity contribution in [1.29, 1.82) is 5.26 Å². The molecule has 0 aromatic heterocycles. The summed E-state index contributed by atoms with van der Waals surface area (Å²) in [5, 5.41) is 19.6. The lowest BCUT2D eigenvalue weighted by molar-refractivity contribution is 0.663. The molecule has 0 atom stereocenters. The molecular formula is C44H30N2. The van der Waals surface area contributed by atoms with Crippen LogP contribution in [0.3, 0.4) is 0 Å². The molecule has 0 heterocycles. The summed E-state index contributed by atoms with van der Waals surface area (Å²) < 4.78 is 0. The molecule has 0 saturated carbocycles. The minimum Gasteiger partial charge on any atom is -0.310 e. The summed E-state index contributed by atoms with van der Waals surface area (Å²) >= 11 is 0. The Bertz CT molecular complexity index is 2560. The van der Waals surface area contributed by atoms with E-state index in [1.54, 1.807) is 0 Å². The Morgan fingerprint density at radius 1 is 0.500 bits per heavy atom. The monoisotopic (exact) mass is 586 g/mol. The molecule has 216 valence electrons. The van der Waals surface area contributed by atoms with E-state index in [-0.39, 0.29) is 5.41 Å². The average Bonchev–Trinajstić information content (AvgIpc) is 3.34. The summed E-state index contributed by atoms with van der Waals surface area (Å²) in [6, 6.07) is 54.7. The number of benzene rings is 8. The fraction of sp³-hybridized carbons (Fsp3) is 0.0682. The normalized spacial score (nSPS) is 13.2. The Hall–Kier alpha value is -5.91. The Morgan fingerprint density at radius 3 is 2.02 bits per heavy atom. The van der Waals surface area contributed by atoms with Gasteiger partial charge in [-0.25, -0.2) is 0 Å². The molecular weight excluding hydrogens is 556 g/mol. The van der Waals surface area contributed by atoms with Crippen LogP contribution < -0.4 is 4.90 Å². The third-order valence-corrected chi connectivity index (χ3v) is 9.98. The Balaban J connectivity index is 1.17. The van der Waals surface area contributed by atoms with Gasteiger partial charge >= 0.3 is 0 Å². The zero-order valence-corrected chi connectivity index (χ0v) is 25.8. The van der Waals surface area contributed by atoms with Crippen molar-refractivity contribution >= 4 is 60.2 Å². The summed E-state index contributed by atoms with van der Waals surface area (Å²) in [6.07, 6.45) is 0. The summed E-state index contributed by atoms with van der Waals surface area (Å²) in [4.78, 5) is 2.29. The van der Waals surface area contributed by atoms with Gasteiger partial charge in [-0.1, -0.05) is 98.8 Å². The molecule has 0 aliphatic heterocycles. The van der Waals surface area contributed by atoms with Gasteiger partial charge in [0.15, 0.2) is 0 Å². The van der Waals surface area contributed by atoms with Crippen LogP contribution in [0.15, 0.2) is 146 Å². The van der Waals surface area contributed by atoms with Crippen LogP contribution in [-0.4, -0.2) is 0 Å². The molecule has 0 saturated heterocycles. The molecule has 8 aromatic rings. The van der Waals surface area contributed by atoms with Gasteiger partial charge in [0.05, 0.1) is 17.3 Å². The van der Waals surface area contributed by atoms with Gasteiger partial charge in [0.1, 0.15) is 0 Å². The molecule has 0 N–H and O–H groups in total. The van der Waals surface area contributed by atoms with Crippen molar-refractivity contribution in [3.63, 3.8) is 0 Å². The molecule has 1 aliphatic carbocycles. The fourth-order valence-corrected chi connectivity index (χ4v) is 7.64. The van der Waals surface area contributed by atoms with Gasteiger partial charge in [-0.2, -0.15) is 5.26 Å². The molecule has 2 nitrogen and oxygen atoms in total. The van der Waals surface area contributed by atoms with Crippen LogP contribution in [-0.2, 0) is 5.41 Å². The number of rotatable bonds is 4. The topological polar surface area (TPSA) is 27.0 Å². The quantitative estimate of drug-likeness (QED) is 0.192. The number of nitriles is 1. The lowest BCUT2D eigenvalue weighted by atomic mass is 9.81. The van der Waals surface area contributed by atoms with Crippen molar-refractivity contribution in [1.82, 2.24) is 0 Å². The zero-order valence-electron chi connectivity index (χ0n) is 25.8. The van der Waals surface area contributed by atoms with E-state index in [4.69, 9.17) is 0 Å². The Morgan fingerprint density at radius 2 is 1.15 bits per heavy atom. The molecule has 1 aliphatic rings. The van der Waals surface area contributed by atoms with Crippen molar-refractivity contribution in [2.45, 2.75) is 19.3 Å². The second kappa shape index (κ2) is 9.80. The summed E-state index contributed by atoms with van der Waals surface area (Å²) in [7, 11) is 0. The number of nitrogens with zero attached hydrogens (tertiary/aromatic N) is 2. The SMILES string of the molecule is CC1(C)c2cccc3ccc4cc(-c5ccc6cc(N(c7ccc(C#N)cc7)c7cccc8ccccc78)ccc6c5)cc1c4c23. The maximum atomic E-state index is 9.44. The summed E-state index contributed by atoms with van der Waals surface area (Å²) in [5.74, 6) is 0. The Labute approximate surface area is 268 Å². The highest BCUT2D eigenvalue weighted by Crippen LogP contribution is 2.50. The third kappa shape index (κ3) is 3.89. The first-order valence-corrected chi connectivity index (χ1v) is 15.8. The van der Waals surface area contributed by atoms with Crippen LogP contribution in [0.25, 0.3) is 54.2 Å². The highest BCUT2D eigenvalue weighted by Gasteiger charge is 2.34. The maximum Gasteiger partial charge on any atom is 0.0991 e. The lowest BCUT2D eigenvalue weighted by Crippen LogP contribution is -2.15. The second-order valence-electron chi connectivity index (χ2n) is 13.0. The van der Waals surface area contributed by atoms with Crippen molar-refractivity contribution in [3.05, 3.63) is 162 Å². The van der Waals surface area contributed by atoms with E-state index < -0.39 is 0 Å². The van der Waals surface area contributed by atoms with Gasteiger partial charge in [-0.3, -0.25) is 0 Å². The predicted molar refractivity (Wildman–Crippen MR) is 193 cm³/mol. The van der Waals surface area contributed by atoms with E-state index in [0.29, 0.717) is 5.56 Å². The van der Waals surface area contributed by atoms with E-state index in [0.717, 1.165) is 17.1 Å². The van der Waals surface area contributed by atoms with Crippen LogP contribution in [0.4, 0.5) is 17.1 Å². The van der Waals surface area contributed by atoms with Crippen LogP contribution in [0.1, 0.15) is 30.5 Å². The van der Waals surface area contributed by atoms with E-state index in [1.807, 2.05) is 24.3 Å². The van der Waals surface area contributed by atoms with E-state index in [9.17, 15) is 5.26 Å². The molecule has 0 unspecified atom stereocenters. The molecule has 2 heteroatoms. The first kappa shape index (κ1) is 26.5. The second-order valence-corrected chi connectivity index (χ2v) is 13.0. The number of hydrogen-bond donors (Lipinski definition) is 0. The van der Waals surface area contributed by atoms with Crippen molar-refractivity contribution in [2.75, 3.05) is 4.90 Å². The molecule has 0 fully saturated rings. The first-order valence-electron chi connectivity index (χ1n) is 15.8. The van der Waals surface area contributed by atoms with E-state index in [1.165, 1.54) is 65.3 Å². The fourth-order valence-electron chi connectivity index (χ4n) is 7.64. The van der Waals surface area contributed by atoms with Gasteiger partial charge < -0.3 is 4.90 Å². The lowest BCUT2D eigenvalue weighted by Gasteiger charge is -2.27. The predicted octanol–water partition coefficient (Wildman–Crippen LogP) is 11.9. The highest BCUT2D eigenvalue weighted by molar-refractivity contribution is 6.16. The average molecular weight is 587 g/mol. The molecule has 0 bridgehead atoms. The highest BCUT2D eigenvalue weighted by atomic mass is 15.1. The van der Waals surface area contributed by atoms with Crippen LogP contribution in [0, 0.1) is 11.3 Å². The Kier molecular flexibility index (Phi) is 5.64. The molecule has 0 amide bonds. The van der Waals surface area contributed by atoms with Gasteiger partial charge in [0.25, 0.3) is 0 Å². The van der Waals surface area contributed by atoms with Gasteiger partial charge in [-0.05, 0) is 121 Å². The van der Waals surface area contributed by atoms with E-state index >= 15 is 0 Å². The molecule has 0 radical (unpaired) electrons. The van der Waals surface area contributed by atoms with Crippen molar-refractivity contribution in [3.8, 4) is 17.2 Å². The minimum atomic E-state index is -0.0419. The largest absolute Gasteiger partial charge is 0.310 e. The van der Waals surface area contributed by atoms with Crippen LogP contribution in [0.5, 0.6) is 0 Å². The number of fused-ring (bicyclic) bond motifs is 2. The smallest absolute Gasteiger partial charge is 0.0991 e.